The molecule has 1 aliphatic rings. The summed E-state index contributed by atoms with van der Waals surface area (Å²) in [7, 11) is -1.66. The van der Waals surface area contributed by atoms with Crippen molar-refractivity contribution in [3.63, 3.8) is 0 Å². The second-order valence-electron chi connectivity index (χ2n) is 6.63. The van der Waals surface area contributed by atoms with E-state index in [0.717, 1.165) is 0 Å². The number of aromatic nitrogens is 2. The van der Waals surface area contributed by atoms with Gasteiger partial charge in [0.1, 0.15) is 11.3 Å². The number of hydrogen-bond acceptors (Lipinski definition) is 5. The summed E-state index contributed by atoms with van der Waals surface area (Å²) in [6.07, 6.45) is 0. The zero-order valence-electron chi connectivity index (χ0n) is 14.5. The first-order valence-electron chi connectivity index (χ1n) is 8.73. The van der Waals surface area contributed by atoms with Gasteiger partial charge in [0.05, 0.1) is 11.1 Å². The molecule has 0 bridgehead atoms. The fourth-order valence-electron chi connectivity index (χ4n) is 3.72. The van der Waals surface area contributed by atoms with E-state index in [1.807, 2.05) is 0 Å². The van der Waals surface area contributed by atoms with Gasteiger partial charge >= 0.3 is 7.12 Å². The number of nitrogens with one attached hydrogen (secondary N) is 1. The molecular weight excluding hydrogens is 355 g/mol. The van der Waals surface area contributed by atoms with Gasteiger partial charge in [-0.05, 0) is 17.6 Å². The van der Waals surface area contributed by atoms with Crippen LogP contribution in [0.1, 0.15) is 31.8 Å². The minimum absolute atomic E-state index is 0.206. The van der Waals surface area contributed by atoms with Gasteiger partial charge in [-0.3, -0.25) is 9.59 Å². The number of hydrogen-bond donors (Lipinski definition) is 3. The zero-order valence-corrected chi connectivity index (χ0v) is 14.5. The second-order valence-corrected chi connectivity index (χ2v) is 6.63. The minimum atomic E-state index is -1.66. The summed E-state index contributed by atoms with van der Waals surface area (Å²) in [6, 6.07) is 16.8. The van der Waals surface area contributed by atoms with Gasteiger partial charge in [0, 0.05) is 22.3 Å². The Kier molecular flexibility index (Phi) is 3.55. The van der Waals surface area contributed by atoms with Gasteiger partial charge in [0.2, 0.25) is 0 Å². The maximum absolute atomic E-state index is 13.1. The molecule has 0 aliphatic heterocycles. The van der Waals surface area contributed by atoms with Crippen LogP contribution in [0.5, 0.6) is 0 Å². The molecule has 0 unspecified atom stereocenters. The Morgan fingerprint density at radius 2 is 1.39 bits per heavy atom. The number of H-pyrrole nitrogens is 1. The molecule has 0 atom stereocenters. The van der Waals surface area contributed by atoms with Crippen molar-refractivity contribution < 1.29 is 19.6 Å². The number of nitrogens with zero attached hydrogens (tertiary/aromatic N) is 1. The van der Waals surface area contributed by atoms with Crippen molar-refractivity contribution in [2.45, 2.75) is 0 Å². The summed E-state index contributed by atoms with van der Waals surface area (Å²) in [5.74, 6) is -0.0571. The highest BCUT2D eigenvalue weighted by atomic mass is 16.4. The number of fused-ring (bicyclic) bond motifs is 4. The molecule has 0 amide bonds. The molecule has 3 N–H and O–H groups in total. The molecule has 3 aromatic carbocycles. The molecule has 0 saturated heterocycles. The van der Waals surface area contributed by atoms with Crippen LogP contribution in [0.25, 0.3) is 22.4 Å². The molecule has 5 rings (SSSR count). The average Bonchev–Trinajstić information content (AvgIpc) is 3.15. The third-order valence-corrected chi connectivity index (χ3v) is 5.04. The normalized spacial score (nSPS) is 12.8. The number of imidazole rings is 1. The fourth-order valence-corrected chi connectivity index (χ4v) is 3.72. The first-order valence-corrected chi connectivity index (χ1v) is 8.73. The highest BCUT2D eigenvalue weighted by Gasteiger charge is 2.32. The van der Waals surface area contributed by atoms with Gasteiger partial charge in [-0.1, -0.05) is 48.5 Å². The largest absolute Gasteiger partial charge is 0.489 e. The number of carbonyl (C=O) groups excluding carboxylic acids is 2. The molecule has 0 radical (unpaired) electrons. The molecule has 134 valence electrons. The van der Waals surface area contributed by atoms with Crippen LogP contribution in [0.4, 0.5) is 0 Å². The van der Waals surface area contributed by atoms with E-state index in [0.29, 0.717) is 44.6 Å². The third kappa shape index (κ3) is 2.27. The summed E-state index contributed by atoms with van der Waals surface area (Å²) in [6.45, 7) is 0. The van der Waals surface area contributed by atoms with Crippen LogP contribution in [0.2, 0.25) is 0 Å². The molecular formula is C21H13BN2O4. The lowest BCUT2D eigenvalue weighted by Gasteiger charge is -2.17. The summed E-state index contributed by atoms with van der Waals surface area (Å²) in [5, 5.41) is 19.3. The van der Waals surface area contributed by atoms with Crippen molar-refractivity contribution in [2.75, 3.05) is 0 Å². The maximum Gasteiger partial charge on any atom is 0.489 e. The lowest BCUT2D eigenvalue weighted by Crippen LogP contribution is -2.31. The number of rotatable bonds is 2. The number of ketones is 2. The van der Waals surface area contributed by atoms with Crippen LogP contribution in [-0.2, 0) is 0 Å². The Labute approximate surface area is 159 Å². The van der Waals surface area contributed by atoms with Crippen LogP contribution < -0.4 is 5.46 Å². The topological polar surface area (TPSA) is 103 Å². The van der Waals surface area contributed by atoms with Gasteiger partial charge in [-0.25, -0.2) is 4.98 Å². The van der Waals surface area contributed by atoms with Gasteiger partial charge in [0.15, 0.2) is 11.6 Å². The van der Waals surface area contributed by atoms with Crippen molar-refractivity contribution in [1.29, 1.82) is 0 Å². The molecule has 0 saturated carbocycles. The Morgan fingerprint density at radius 3 is 2.11 bits per heavy atom. The lowest BCUT2D eigenvalue weighted by atomic mass is 9.77. The standard InChI is InChI=1S/C21H13BN2O4/c25-19-11-5-1-2-6-12(11)20(26)17-14(19)9-10-16-18(17)24-21(23-16)13-7-3-4-8-15(13)22(27)28/h1-10,27-28H,(H,23,24). The van der Waals surface area contributed by atoms with Crippen molar-refractivity contribution >= 4 is 35.2 Å². The predicted molar refractivity (Wildman–Crippen MR) is 105 cm³/mol. The average molecular weight is 368 g/mol. The number of aromatic amines is 1. The third-order valence-electron chi connectivity index (χ3n) is 5.04. The summed E-state index contributed by atoms with van der Waals surface area (Å²) < 4.78 is 0. The van der Waals surface area contributed by atoms with Crippen molar-refractivity contribution in [1.82, 2.24) is 9.97 Å². The van der Waals surface area contributed by atoms with Crippen LogP contribution in [-0.4, -0.2) is 38.7 Å². The molecule has 6 nitrogen and oxygen atoms in total. The Morgan fingerprint density at radius 1 is 0.750 bits per heavy atom. The van der Waals surface area contributed by atoms with E-state index in [-0.39, 0.29) is 17.1 Å². The predicted octanol–water partition coefficient (Wildman–Crippen LogP) is 1.69. The molecule has 0 fully saturated rings. The second kappa shape index (κ2) is 5.98. The highest BCUT2D eigenvalue weighted by Crippen LogP contribution is 2.32. The van der Waals surface area contributed by atoms with Gasteiger partial charge in [0.25, 0.3) is 0 Å². The monoisotopic (exact) mass is 368 g/mol. The first kappa shape index (κ1) is 16.6. The van der Waals surface area contributed by atoms with E-state index in [4.69, 9.17) is 0 Å². The first-order chi connectivity index (χ1) is 13.6. The van der Waals surface area contributed by atoms with Crippen LogP contribution >= 0.6 is 0 Å². The van der Waals surface area contributed by atoms with E-state index in [2.05, 4.69) is 9.97 Å². The summed E-state index contributed by atoms with van der Waals surface area (Å²) >= 11 is 0. The number of carbonyl (C=O) groups is 2. The Balaban J connectivity index is 1.76. The van der Waals surface area contributed by atoms with Crippen molar-refractivity contribution in [2.24, 2.45) is 0 Å². The lowest BCUT2D eigenvalue weighted by molar-refractivity contribution is 0.0980. The molecule has 28 heavy (non-hydrogen) atoms. The molecule has 1 heterocycles. The highest BCUT2D eigenvalue weighted by molar-refractivity contribution is 6.60. The molecule has 1 aromatic heterocycles. The van der Waals surface area contributed by atoms with Crippen molar-refractivity contribution in [3.8, 4) is 11.4 Å². The maximum atomic E-state index is 13.1. The smallest absolute Gasteiger partial charge is 0.423 e. The summed E-state index contributed by atoms with van der Waals surface area (Å²) in [5.41, 5.74) is 3.14. The van der Waals surface area contributed by atoms with Gasteiger partial charge in [-0.15, -0.1) is 0 Å². The Bertz CT molecular complexity index is 1290. The number of benzene rings is 3. The van der Waals surface area contributed by atoms with E-state index >= 15 is 0 Å². The van der Waals surface area contributed by atoms with E-state index in [9.17, 15) is 19.6 Å². The quantitative estimate of drug-likeness (QED) is 0.412. The van der Waals surface area contributed by atoms with Crippen LogP contribution in [0, 0.1) is 0 Å². The van der Waals surface area contributed by atoms with Gasteiger partial charge in [-0.2, -0.15) is 0 Å². The van der Waals surface area contributed by atoms with Crippen LogP contribution in [0.15, 0.2) is 60.7 Å². The van der Waals surface area contributed by atoms with Gasteiger partial charge < -0.3 is 15.0 Å². The molecule has 4 aromatic rings. The SMILES string of the molecule is O=C1c2ccccc2C(=O)c2c1ccc1[nH]c(-c3ccccc3B(O)O)nc21. The van der Waals surface area contributed by atoms with E-state index in [1.165, 1.54) is 0 Å². The van der Waals surface area contributed by atoms with E-state index < -0.39 is 7.12 Å². The van der Waals surface area contributed by atoms with Crippen molar-refractivity contribution in [3.05, 3.63) is 82.9 Å². The van der Waals surface area contributed by atoms with Crippen LogP contribution in [0.3, 0.4) is 0 Å². The molecule has 0 spiro atoms. The summed E-state index contributed by atoms with van der Waals surface area (Å²) in [4.78, 5) is 33.6. The zero-order chi connectivity index (χ0) is 19.4. The van der Waals surface area contributed by atoms with E-state index in [1.54, 1.807) is 60.7 Å². The molecule has 7 heteroatoms. The molecule has 1 aliphatic carbocycles. The minimum Gasteiger partial charge on any atom is -0.423 e. The Hall–Kier alpha value is -3.55. The fraction of sp³-hybridized carbons (Fsp3) is 0.